The van der Waals surface area contributed by atoms with Crippen LogP contribution < -0.4 is 20.1 Å². The number of para-hydroxylation sites is 2. The highest BCUT2D eigenvalue weighted by atomic mass is 32.2. The van der Waals surface area contributed by atoms with Gasteiger partial charge in [0, 0.05) is 21.0 Å². The molecule has 0 bridgehead atoms. The molecule has 9 heteroatoms. The summed E-state index contributed by atoms with van der Waals surface area (Å²) in [6.07, 6.45) is 1.50. The summed E-state index contributed by atoms with van der Waals surface area (Å²) in [5.41, 5.74) is 3.36. The third-order valence-corrected chi connectivity index (χ3v) is 7.33. The van der Waals surface area contributed by atoms with Crippen LogP contribution in [0.1, 0.15) is 35.8 Å². The monoisotopic (exact) mass is 551 g/mol. The van der Waals surface area contributed by atoms with Crippen LogP contribution in [-0.4, -0.2) is 35.1 Å². The largest absolute Gasteiger partial charge is 0.497 e. The molecule has 0 saturated heterocycles. The van der Waals surface area contributed by atoms with E-state index in [4.69, 9.17) is 14.5 Å². The number of carbonyl (C=O) groups is 1. The van der Waals surface area contributed by atoms with Crippen molar-refractivity contribution in [1.29, 1.82) is 0 Å². The van der Waals surface area contributed by atoms with E-state index in [0.29, 0.717) is 28.5 Å². The van der Waals surface area contributed by atoms with Crippen molar-refractivity contribution in [3.63, 3.8) is 0 Å². The van der Waals surface area contributed by atoms with Gasteiger partial charge in [-0.05, 0) is 72.6 Å². The number of aromatic nitrogens is 3. The number of ether oxygens (including phenoxy) is 2. The predicted molar refractivity (Wildman–Crippen MR) is 159 cm³/mol. The van der Waals surface area contributed by atoms with Gasteiger partial charge in [-0.3, -0.25) is 4.79 Å². The Bertz CT molecular complexity index is 1660. The van der Waals surface area contributed by atoms with E-state index in [1.54, 1.807) is 44.2 Å². The fourth-order valence-electron chi connectivity index (χ4n) is 4.08. The van der Waals surface area contributed by atoms with Crippen LogP contribution in [0.4, 0.5) is 17.2 Å². The van der Waals surface area contributed by atoms with Crippen molar-refractivity contribution in [3.05, 3.63) is 96.4 Å². The number of fused-ring (bicyclic) bond motifs is 1. The van der Waals surface area contributed by atoms with Crippen LogP contribution in [0.2, 0.25) is 0 Å². The summed E-state index contributed by atoms with van der Waals surface area (Å²) in [5, 5.41) is 7.18. The lowest BCUT2D eigenvalue weighted by Crippen LogP contribution is -2.13. The lowest BCUT2D eigenvalue weighted by molar-refractivity contribution is 0.102. The first-order valence-corrected chi connectivity index (χ1v) is 13.6. The van der Waals surface area contributed by atoms with Gasteiger partial charge >= 0.3 is 0 Å². The van der Waals surface area contributed by atoms with Gasteiger partial charge in [-0.25, -0.2) is 15.0 Å². The number of anilines is 3. The summed E-state index contributed by atoms with van der Waals surface area (Å²) in [5.74, 6) is 1.99. The van der Waals surface area contributed by atoms with Crippen LogP contribution in [0, 0.1) is 0 Å². The topological polar surface area (TPSA) is 98.3 Å². The minimum Gasteiger partial charge on any atom is -0.497 e. The Labute approximate surface area is 237 Å². The summed E-state index contributed by atoms with van der Waals surface area (Å²) < 4.78 is 10.7. The van der Waals surface area contributed by atoms with Gasteiger partial charge < -0.3 is 20.1 Å². The first-order valence-electron chi connectivity index (χ1n) is 12.7. The van der Waals surface area contributed by atoms with Gasteiger partial charge in [0.05, 0.1) is 31.0 Å². The molecular formula is C31H29N5O3S. The maximum absolute atomic E-state index is 13.3. The average Bonchev–Trinajstić information content (AvgIpc) is 2.98. The number of carbonyl (C=O) groups excluding carboxylic acids is 1. The Balaban J connectivity index is 1.52. The van der Waals surface area contributed by atoms with E-state index >= 15 is 0 Å². The van der Waals surface area contributed by atoms with E-state index in [-0.39, 0.29) is 11.8 Å². The van der Waals surface area contributed by atoms with Gasteiger partial charge in [-0.2, -0.15) is 0 Å². The molecule has 0 aliphatic heterocycles. The van der Waals surface area contributed by atoms with E-state index in [1.807, 2.05) is 60.7 Å². The van der Waals surface area contributed by atoms with Crippen LogP contribution in [-0.2, 0) is 0 Å². The minimum atomic E-state index is -0.260. The van der Waals surface area contributed by atoms with E-state index in [2.05, 4.69) is 34.4 Å². The second kappa shape index (κ2) is 12.0. The van der Waals surface area contributed by atoms with E-state index in [0.717, 1.165) is 32.3 Å². The number of nitrogens with one attached hydrogen (secondary N) is 2. The lowest BCUT2D eigenvalue weighted by Gasteiger charge is -2.15. The molecule has 0 aliphatic rings. The Kier molecular flexibility index (Phi) is 8.12. The maximum Gasteiger partial charge on any atom is 0.255 e. The molecule has 40 heavy (non-hydrogen) atoms. The van der Waals surface area contributed by atoms with Gasteiger partial charge in [0.1, 0.15) is 23.6 Å². The molecule has 0 aliphatic carbocycles. The molecule has 5 rings (SSSR count). The molecule has 2 aromatic heterocycles. The molecule has 0 fully saturated rings. The summed E-state index contributed by atoms with van der Waals surface area (Å²) in [4.78, 5) is 28.8. The van der Waals surface area contributed by atoms with E-state index < -0.39 is 0 Å². The van der Waals surface area contributed by atoms with E-state index in [1.165, 1.54) is 6.33 Å². The van der Waals surface area contributed by atoms with Crippen molar-refractivity contribution < 1.29 is 14.3 Å². The third-order valence-electron chi connectivity index (χ3n) is 6.25. The summed E-state index contributed by atoms with van der Waals surface area (Å²) in [6.45, 7) is 4.19. The zero-order valence-electron chi connectivity index (χ0n) is 22.6. The highest BCUT2D eigenvalue weighted by molar-refractivity contribution is 7.99. The molecular weight excluding hydrogens is 522 g/mol. The summed E-state index contributed by atoms with van der Waals surface area (Å²) in [7, 11) is 3.22. The minimum absolute atomic E-state index is 0.260. The van der Waals surface area contributed by atoms with Crippen LogP contribution in [0.25, 0.3) is 11.0 Å². The van der Waals surface area contributed by atoms with Gasteiger partial charge in [-0.15, -0.1) is 0 Å². The molecule has 0 radical (unpaired) electrons. The second-order valence-corrected chi connectivity index (χ2v) is 10.4. The number of hydrogen-bond donors (Lipinski definition) is 2. The predicted octanol–water partition coefficient (Wildman–Crippen LogP) is 7.31. The van der Waals surface area contributed by atoms with Crippen molar-refractivity contribution in [2.24, 2.45) is 0 Å². The van der Waals surface area contributed by atoms with E-state index in [9.17, 15) is 4.79 Å². The standard InChI is InChI=1S/C31H29N5O3S/c1-19(2)24-15-14-23-29(34-24)32-18-33-30(23)35-26-17-20(31(37)36-25-7-5-6-8-27(25)39-4)9-16-28(26)40-22-12-10-21(38-3)11-13-22/h5-19H,1-4H3,(H,36,37)(H,32,33,34,35). The Morgan fingerprint density at radius 1 is 0.875 bits per heavy atom. The zero-order chi connectivity index (χ0) is 28.1. The normalized spacial score (nSPS) is 10.9. The Hall–Kier alpha value is -4.63. The van der Waals surface area contributed by atoms with Gasteiger partial charge in [0.2, 0.25) is 0 Å². The lowest BCUT2D eigenvalue weighted by atomic mass is 10.1. The van der Waals surface area contributed by atoms with Crippen LogP contribution in [0.5, 0.6) is 11.5 Å². The summed E-state index contributed by atoms with van der Waals surface area (Å²) in [6, 6.07) is 24.6. The Morgan fingerprint density at radius 2 is 1.68 bits per heavy atom. The molecule has 1 amide bonds. The number of nitrogens with zero attached hydrogens (tertiary/aromatic N) is 3. The average molecular weight is 552 g/mol. The van der Waals surface area contributed by atoms with Crippen molar-refractivity contribution in [2.75, 3.05) is 24.9 Å². The molecule has 0 unspecified atom stereocenters. The van der Waals surface area contributed by atoms with Crippen molar-refractivity contribution >= 4 is 45.9 Å². The molecule has 2 N–H and O–H groups in total. The van der Waals surface area contributed by atoms with Crippen molar-refractivity contribution in [1.82, 2.24) is 15.0 Å². The Morgan fingerprint density at radius 3 is 2.42 bits per heavy atom. The number of rotatable bonds is 9. The number of benzene rings is 3. The van der Waals surface area contributed by atoms with Crippen LogP contribution in [0.3, 0.4) is 0 Å². The second-order valence-electron chi connectivity index (χ2n) is 9.25. The van der Waals surface area contributed by atoms with Crippen LogP contribution in [0.15, 0.2) is 95.0 Å². The highest BCUT2D eigenvalue weighted by Gasteiger charge is 2.15. The van der Waals surface area contributed by atoms with Crippen molar-refractivity contribution in [2.45, 2.75) is 29.6 Å². The van der Waals surface area contributed by atoms with Crippen molar-refractivity contribution in [3.8, 4) is 11.5 Å². The molecule has 202 valence electrons. The fraction of sp³-hybridized carbons (Fsp3) is 0.161. The number of amides is 1. The third kappa shape index (κ3) is 6.00. The molecule has 0 saturated carbocycles. The first-order chi connectivity index (χ1) is 19.4. The molecule has 0 atom stereocenters. The molecule has 5 aromatic rings. The quantitative estimate of drug-likeness (QED) is 0.197. The first kappa shape index (κ1) is 27.0. The molecule has 3 aromatic carbocycles. The SMILES string of the molecule is COc1ccc(Sc2ccc(C(=O)Nc3ccccc3OC)cc2Nc2ncnc3nc(C(C)C)ccc23)cc1. The number of methoxy groups -OCH3 is 2. The summed E-state index contributed by atoms with van der Waals surface area (Å²) >= 11 is 1.57. The zero-order valence-corrected chi connectivity index (χ0v) is 23.5. The van der Waals surface area contributed by atoms with Crippen LogP contribution >= 0.6 is 11.8 Å². The smallest absolute Gasteiger partial charge is 0.255 e. The molecule has 8 nitrogen and oxygen atoms in total. The highest BCUT2D eigenvalue weighted by Crippen LogP contribution is 2.37. The van der Waals surface area contributed by atoms with Gasteiger partial charge in [0.15, 0.2) is 5.65 Å². The number of pyridine rings is 1. The van der Waals surface area contributed by atoms with Gasteiger partial charge in [0.25, 0.3) is 5.91 Å². The molecule has 0 spiro atoms. The fourth-order valence-corrected chi connectivity index (χ4v) is 4.96. The number of hydrogen-bond acceptors (Lipinski definition) is 8. The van der Waals surface area contributed by atoms with Gasteiger partial charge in [-0.1, -0.05) is 37.7 Å². The maximum atomic E-state index is 13.3. The molecule has 2 heterocycles.